The number of benzene rings is 2. The van der Waals surface area contributed by atoms with Crippen molar-refractivity contribution in [3.63, 3.8) is 0 Å². The van der Waals surface area contributed by atoms with Crippen molar-refractivity contribution in [2.24, 2.45) is 0 Å². The average Bonchev–Trinajstić information content (AvgIpc) is 3.22. The number of non-ortho nitro benzene ring substituents is 1. The molecule has 0 aliphatic heterocycles. The standard InChI is InChI=1S/C22H25N3O8S2/c26-18-6-3-16(21-20(18)24-22(28)34-21)7-10-23-19(27)9-13-35(31,32)14-12-33-11-8-15-1-4-17(5-2-15)25(29)30/h1-6,26H,7-14H2,(H,23,27)(H,24,28). The maximum absolute atomic E-state index is 12.2. The smallest absolute Gasteiger partial charge is 0.305 e. The third kappa shape index (κ3) is 7.87. The number of aromatic hydroxyl groups is 1. The second kappa shape index (κ2) is 11.9. The first-order chi connectivity index (χ1) is 16.6. The van der Waals surface area contributed by atoms with E-state index in [9.17, 15) is 33.2 Å². The molecule has 0 spiro atoms. The third-order valence-electron chi connectivity index (χ3n) is 5.22. The summed E-state index contributed by atoms with van der Waals surface area (Å²) in [5.74, 6) is -0.928. The normalized spacial score (nSPS) is 11.5. The van der Waals surface area contributed by atoms with E-state index < -0.39 is 20.7 Å². The second-order valence-electron chi connectivity index (χ2n) is 7.75. The first-order valence-electron chi connectivity index (χ1n) is 10.8. The molecule has 1 amide bonds. The van der Waals surface area contributed by atoms with Crippen LogP contribution in [0.4, 0.5) is 5.69 Å². The molecule has 1 heterocycles. The third-order valence-corrected chi connectivity index (χ3v) is 7.79. The van der Waals surface area contributed by atoms with Crippen molar-refractivity contribution in [2.45, 2.75) is 19.3 Å². The highest BCUT2D eigenvalue weighted by Gasteiger charge is 2.14. The summed E-state index contributed by atoms with van der Waals surface area (Å²) in [6, 6.07) is 9.21. The van der Waals surface area contributed by atoms with Gasteiger partial charge >= 0.3 is 4.87 Å². The van der Waals surface area contributed by atoms with Gasteiger partial charge in [-0.15, -0.1) is 0 Å². The summed E-state index contributed by atoms with van der Waals surface area (Å²) in [4.78, 5) is 36.1. The van der Waals surface area contributed by atoms with Crippen LogP contribution < -0.4 is 10.2 Å². The van der Waals surface area contributed by atoms with Crippen LogP contribution in [-0.2, 0) is 32.2 Å². The first kappa shape index (κ1) is 26.3. The van der Waals surface area contributed by atoms with Gasteiger partial charge in [-0.2, -0.15) is 0 Å². The lowest BCUT2D eigenvalue weighted by Gasteiger charge is -2.08. The minimum absolute atomic E-state index is 0.00134. The number of hydrogen-bond acceptors (Lipinski definition) is 9. The zero-order valence-corrected chi connectivity index (χ0v) is 20.3. The summed E-state index contributed by atoms with van der Waals surface area (Å²) < 4.78 is 30.3. The van der Waals surface area contributed by atoms with Gasteiger partial charge in [0.1, 0.15) is 11.3 Å². The topological polar surface area (TPSA) is 169 Å². The van der Waals surface area contributed by atoms with Gasteiger partial charge in [-0.25, -0.2) is 8.42 Å². The van der Waals surface area contributed by atoms with Crippen molar-refractivity contribution in [1.82, 2.24) is 10.3 Å². The molecule has 1 aromatic heterocycles. The maximum atomic E-state index is 12.2. The summed E-state index contributed by atoms with van der Waals surface area (Å²) in [5, 5.41) is 23.1. The number of phenolic OH excluding ortho intramolecular Hbond substituents is 1. The molecule has 0 fully saturated rings. The van der Waals surface area contributed by atoms with E-state index >= 15 is 0 Å². The number of aromatic nitrogens is 1. The molecule has 2 aromatic carbocycles. The van der Waals surface area contributed by atoms with Gasteiger partial charge in [0.2, 0.25) is 5.91 Å². The molecule has 0 aliphatic rings. The fourth-order valence-electron chi connectivity index (χ4n) is 3.31. The number of carbonyl (C=O) groups is 1. The van der Waals surface area contributed by atoms with Crippen LogP contribution in [0.5, 0.6) is 5.75 Å². The molecule has 0 unspecified atom stereocenters. The van der Waals surface area contributed by atoms with Crippen molar-refractivity contribution in [3.8, 4) is 5.75 Å². The van der Waals surface area contributed by atoms with Crippen molar-refractivity contribution >= 4 is 43.0 Å². The van der Waals surface area contributed by atoms with Crippen LogP contribution in [0.1, 0.15) is 17.5 Å². The molecule has 0 aliphatic carbocycles. The number of aromatic amines is 1. The number of H-pyrrole nitrogens is 1. The quantitative estimate of drug-likeness (QED) is 0.173. The van der Waals surface area contributed by atoms with Gasteiger partial charge < -0.3 is 20.1 Å². The Morgan fingerprint density at radius 2 is 1.86 bits per heavy atom. The van der Waals surface area contributed by atoms with E-state index in [-0.39, 0.29) is 54.0 Å². The number of nitro groups is 1. The Bertz CT molecular complexity index is 1350. The van der Waals surface area contributed by atoms with Crippen LogP contribution in [0.2, 0.25) is 0 Å². The average molecular weight is 524 g/mol. The first-order valence-corrected chi connectivity index (χ1v) is 13.4. The van der Waals surface area contributed by atoms with Gasteiger partial charge in [-0.05, 0) is 30.0 Å². The summed E-state index contributed by atoms with van der Waals surface area (Å²) in [7, 11) is -3.47. The van der Waals surface area contributed by atoms with E-state index in [0.717, 1.165) is 22.5 Å². The van der Waals surface area contributed by atoms with Gasteiger partial charge in [0.15, 0.2) is 9.84 Å². The van der Waals surface area contributed by atoms with Crippen molar-refractivity contribution < 1.29 is 28.0 Å². The number of thiazole rings is 1. The Kier molecular flexibility index (Phi) is 8.95. The van der Waals surface area contributed by atoms with E-state index in [2.05, 4.69) is 10.3 Å². The van der Waals surface area contributed by atoms with E-state index in [1.54, 1.807) is 18.2 Å². The van der Waals surface area contributed by atoms with Gasteiger partial charge in [0.25, 0.3) is 5.69 Å². The number of nitrogens with zero attached hydrogens (tertiary/aromatic N) is 1. The van der Waals surface area contributed by atoms with Crippen LogP contribution in [0.25, 0.3) is 10.2 Å². The van der Waals surface area contributed by atoms with Crippen LogP contribution in [0.3, 0.4) is 0 Å². The van der Waals surface area contributed by atoms with Gasteiger partial charge in [-0.1, -0.05) is 29.5 Å². The van der Waals surface area contributed by atoms with Gasteiger partial charge in [0, 0.05) is 25.1 Å². The summed E-state index contributed by atoms with van der Waals surface area (Å²) in [5.41, 5.74) is 2.00. The summed E-state index contributed by atoms with van der Waals surface area (Å²) in [6.45, 7) is 0.526. The van der Waals surface area contributed by atoms with E-state index in [1.807, 2.05) is 0 Å². The number of sulfone groups is 1. The Hall–Kier alpha value is -3.29. The fourth-order valence-corrected chi connectivity index (χ4v) is 5.28. The number of amides is 1. The molecule has 3 N–H and O–H groups in total. The number of fused-ring (bicyclic) bond motifs is 1. The molecule has 0 saturated carbocycles. The van der Waals surface area contributed by atoms with Crippen LogP contribution in [0.15, 0.2) is 41.2 Å². The Balaban J connectivity index is 1.33. The highest BCUT2D eigenvalue weighted by Crippen LogP contribution is 2.27. The second-order valence-corrected chi connectivity index (χ2v) is 11.0. The highest BCUT2D eigenvalue weighted by molar-refractivity contribution is 7.91. The molecular weight excluding hydrogens is 498 g/mol. The lowest BCUT2D eigenvalue weighted by atomic mass is 10.1. The zero-order valence-electron chi connectivity index (χ0n) is 18.7. The summed E-state index contributed by atoms with van der Waals surface area (Å²) in [6.07, 6.45) is 0.743. The number of carbonyl (C=O) groups excluding carboxylic acids is 1. The number of hydrogen-bond donors (Lipinski definition) is 3. The molecule has 13 heteroatoms. The van der Waals surface area contributed by atoms with Crippen molar-refractivity contribution in [3.05, 3.63) is 67.3 Å². The fraction of sp³-hybridized carbons (Fsp3) is 0.364. The van der Waals surface area contributed by atoms with E-state index in [1.165, 1.54) is 18.2 Å². The molecule has 35 heavy (non-hydrogen) atoms. The maximum Gasteiger partial charge on any atom is 0.305 e. The molecule has 3 aromatic rings. The summed E-state index contributed by atoms with van der Waals surface area (Å²) >= 11 is 0.977. The number of nitro benzene ring substituents is 1. The number of ether oxygens (including phenoxy) is 1. The molecule has 0 saturated heterocycles. The lowest BCUT2D eigenvalue weighted by Crippen LogP contribution is -2.28. The van der Waals surface area contributed by atoms with Gasteiger partial charge in [-0.3, -0.25) is 19.7 Å². The monoisotopic (exact) mass is 523 g/mol. The molecule has 0 bridgehead atoms. The van der Waals surface area contributed by atoms with Crippen LogP contribution in [-0.4, -0.2) is 60.6 Å². The lowest BCUT2D eigenvalue weighted by molar-refractivity contribution is -0.384. The van der Waals surface area contributed by atoms with Crippen LogP contribution >= 0.6 is 11.3 Å². The van der Waals surface area contributed by atoms with Crippen molar-refractivity contribution in [2.75, 3.05) is 31.3 Å². The Labute approximate surface area is 204 Å². The zero-order chi connectivity index (χ0) is 25.4. The highest BCUT2D eigenvalue weighted by atomic mass is 32.2. The Morgan fingerprint density at radius 1 is 1.11 bits per heavy atom. The minimum Gasteiger partial charge on any atom is -0.506 e. The molecule has 3 rings (SSSR count). The molecule has 0 radical (unpaired) electrons. The molecule has 188 valence electrons. The number of rotatable bonds is 13. The molecule has 11 nitrogen and oxygen atoms in total. The largest absolute Gasteiger partial charge is 0.506 e. The van der Waals surface area contributed by atoms with Crippen LogP contribution in [0, 0.1) is 10.1 Å². The van der Waals surface area contributed by atoms with Crippen molar-refractivity contribution in [1.29, 1.82) is 0 Å². The molecule has 0 atom stereocenters. The predicted molar refractivity (Wildman–Crippen MR) is 132 cm³/mol. The Morgan fingerprint density at radius 3 is 2.57 bits per heavy atom. The van der Waals surface area contributed by atoms with E-state index in [0.29, 0.717) is 23.1 Å². The minimum atomic E-state index is -3.47. The molecular formula is C22H25N3O8S2. The number of nitrogens with one attached hydrogen (secondary N) is 2. The van der Waals surface area contributed by atoms with E-state index in [4.69, 9.17) is 4.74 Å². The number of phenols is 1. The SMILES string of the molecule is O=C(CCS(=O)(=O)CCOCCc1ccc([N+](=O)[O-])cc1)NCCc1ccc(O)c2[nH]c(=O)sc12. The van der Waals surface area contributed by atoms with Gasteiger partial charge in [0.05, 0.1) is 34.3 Å². The predicted octanol–water partition coefficient (Wildman–Crippen LogP) is 1.93.